The van der Waals surface area contributed by atoms with E-state index in [-0.39, 0.29) is 12.7 Å². The van der Waals surface area contributed by atoms with Gasteiger partial charge in [-0.25, -0.2) is 4.68 Å². The van der Waals surface area contributed by atoms with E-state index in [1.54, 1.807) is 0 Å². The van der Waals surface area contributed by atoms with Crippen molar-refractivity contribution in [1.29, 1.82) is 0 Å². The fraction of sp³-hybridized carbons (Fsp3) is 0.632. The van der Waals surface area contributed by atoms with Crippen molar-refractivity contribution < 1.29 is 13.2 Å². The molecule has 3 aliphatic rings. The zero-order chi connectivity index (χ0) is 21.1. The Labute approximate surface area is 174 Å². The number of hydrogen-bond acceptors (Lipinski definition) is 4. The molecule has 0 saturated heterocycles. The van der Waals surface area contributed by atoms with Crippen molar-refractivity contribution >= 4 is 21.6 Å². The largest absolute Gasteiger partial charge is 0.435 e. The molecule has 3 aliphatic carbocycles. The van der Waals surface area contributed by atoms with Gasteiger partial charge in [-0.2, -0.15) is 23.4 Å². The summed E-state index contributed by atoms with van der Waals surface area (Å²) < 4.78 is 40.5. The van der Waals surface area contributed by atoms with Crippen molar-refractivity contribution in [1.82, 2.24) is 19.6 Å². The number of aromatic nitrogens is 4. The van der Waals surface area contributed by atoms with Crippen LogP contribution in [0, 0.1) is 23.2 Å². The predicted octanol–water partition coefficient (Wildman–Crippen LogP) is 4.21. The second kappa shape index (κ2) is 6.85. The highest BCUT2D eigenvalue weighted by Crippen LogP contribution is 2.61. The lowest BCUT2D eigenvalue weighted by Gasteiger charge is -2.62. The molecule has 10 heteroatoms. The van der Waals surface area contributed by atoms with Crippen LogP contribution in [0.25, 0.3) is 0 Å². The summed E-state index contributed by atoms with van der Waals surface area (Å²) in [6.45, 7) is 6.71. The summed E-state index contributed by atoms with van der Waals surface area (Å²) in [6.07, 6.45) is 0.501. The third kappa shape index (κ3) is 3.49. The SMILES string of the molecule is C[C@@H]1[C@H]2C[C@@H](C[C@H]1Nc1cnn(Cn3ccc(C(F)(F)F)n3)c(=O)c1Br)C2(C)C. The van der Waals surface area contributed by atoms with E-state index in [0.717, 1.165) is 21.9 Å². The molecule has 3 fully saturated rings. The van der Waals surface area contributed by atoms with E-state index in [1.807, 2.05) is 0 Å². The van der Waals surface area contributed by atoms with Gasteiger partial charge in [-0.05, 0) is 58.0 Å². The lowest BCUT2D eigenvalue weighted by atomic mass is 9.45. The van der Waals surface area contributed by atoms with Gasteiger partial charge in [-0.15, -0.1) is 0 Å². The molecule has 2 aromatic rings. The first-order valence-corrected chi connectivity index (χ1v) is 10.4. The van der Waals surface area contributed by atoms with E-state index in [1.165, 1.54) is 18.8 Å². The smallest absolute Gasteiger partial charge is 0.380 e. The summed E-state index contributed by atoms with van der Waals surface area (Å²) >= 11 is 3.33. The topological polar surface area (TPSA) is 64.7 Å². The van der Waals surface area contributed by atoms with Gasteiger partial charge in [0.05, 0.1) is 11.9 Å². The molecular weight excluding hydrogens is 451 g/mol. The van der Waals surface area contributed by atoms with Crippen LogP contribution in [0.4, 0.5) is 18.9 Å². The molecule has 0 unspecified atom stereocenters. The number of halogens is 4. The Kier molecular flexibility index (Phi) is 4.83. The van der Waals surface area contributed by atoms with Gasteiger partial charge in [0.15, 0.2) is 5.69 Å². The molecule has 0 aromatic carbocycles. The molecule has 0 amide bonds. The minimum absolute atomic E-state index is 0.202. The molecule has 2 bridgehead atoms. The van der Waals surface area contributed by atoms with Crippen molar-refractivity contribution in [2.45, 2.75) is 52.5 Å². The minimum atomic E-state index is -4.52. The van der Waals surface area contributed by atoms with Gasteiger partial charge in [0.1, 0.15) is 11.1 Å². The van der Waals surface area contributed by atoms with E-state index in [9.17, 15) is 18.0 Å². The number of alkyl halides is 3. The fourth-order valence-electron chi connectivity index (χ4n) is 4.94. The molecule has 2 aromatic heterocycles. The summed E-state index contributed by atoms with van der Waals surface area (Å²) in [5.74, 6) is 1.82. The van der Waals surface area contributed by atoms with E-state index in [2.05, 4.69) is 52.2 Å². The number of hydrogen-bond donors (Lipinski definition) is 1. The van der Waals surface area contributed by atoms with E-state index < -0.39 is 17.4 Å². The molecule has 0 spiro atoms. The maximum Gasteiger partial charge on any atom is 0.435 e. The van der Waals surface area contributed by atoms with Gasteiger partial charge in [-0.3, -0.25) is 9.48 Å². The first-order chi connectivity index (χ1) is 13.5. The van der Waals surface area contributed by atoms with Gasteiger partial charge >= 0.3 is 6.18 Å². The summed E-state index contributed by atoms with van der Waals surface area (Å²) in [7, 11) is 0. The Hall–Kier alpha value is -1.84. The van der Waals surface area contributed by atoms with Gasteiger partial charge in [-0.1, -0.05) is 20.8 Å². The third-order valence-corrected chi connectivity index (χ3v) is 7.66. The van der Waals surface area contributed by atoms with Crippen molar-refractivity contribution in [2.24, 2.45) is 23.2 Å². The maximum absolute atomic E-state index is 12.7. The van der Waals surface area contributed by atoms with Crippen molar-refractivity contribution in [3.05, 3.63) is 39.0 Å². The molecule has 1 N–H and O–H groups in total. The number of nitrogens with one attached hydrogen (secondary N) is 1. The lowest BCUT2D eigenvalue weighted by molar-refractivity contribution is -0.141. The Morgan fingerprint density at radius 1 is 1.34 bits per heavy atom. The van der Waals surface area contributed by atoms with Crippen LogP contribution in [0.5, 0.6) is 0 Å². The third-order valence-electron chi connectivity index (χ3n) is 6.89. The molecule has 29 heavy (non-hydrogen) atoms. The zero-order valence-corrected chi connectivity index (χ0v) is 18.0. The predicted molar refractivity (Wildman–Crippen MR) is 105 cm³/mol. The van der Waals surface area contributed by atoms with Crippen molar-refractivity contribution in [2.75, 3.05) is 5.32 Å². The van der Waals surface area contributed by atoms with Crippen molar-refractivity contribution in [3.8, 4) is 0 Å². The Morgan fingerprint density at radius 2 is 2.07 bits per heavy atom. The van der Waals surface area contributed by atoms with Crippen LogP contribution in [0.15, 0.2) is 27.7 Å². The van der Waals surface area contributed by atoms with Crippen LogP contribution >= 0.6 is 15.9 Å². The molecule has 6 nitrogen and oxygen atoms in total. The van der Waals surface area contributed by atoms with Gasteiger partial charge in [0.2, 0.25) is 0 Å². The molecular formula is C19H23BrF3N5O. The molecule has 0 aliphatic heterocycles. The van der Waals surface area contributed by atoms with Crippen LogP contribution < -0.4 is 10.9 Å². The number of fused-ring (bicyclic) bond motifs is 2. The average Bonchev–Trinajstić information content (AvgIpc) is 3.11. The highest BCUT2D eigenvalue weighted by Gasteiger charge is 2.56. The monoisotopic (exact) mass is 473 g/mol. The zero-order valence-electron chi connectivity index (χ0n) is 16.4. The van der Waals surface area contributed by atoms with Crippen LogP contribution in [-0.4, -0.2) is 25.6 Å². The normalized spacial score (nSPS) is 28.1. The Bertz CT molecular complexity index is 983. The van der Waals surface area contributed by atoms with Gasteiger partial charge in [0.25, 0.3) is 5.56 Å². The van der Waals surface area contributed by atoms with E-state index >= 15 is 0 Å². The van der Waals surface area contributed by atoms with Crippen LogP contribution in [0.2, 0.25) is 0 Å². The fourth-order valence-corrected chi connectivity index (χ4v) is 5.36. The molecule has 0 radical (unpaired) electrons. The van der Waals surface area contributed by atoms with Gasteiger partial charge < -0.3 is 5.32 Å². The van der Waals surface area contributed by atoms with Crippen LogP contribution in [0.1, 0.15) is 39.3 Å². The van der Waals surface area contributed by atoms with Gasteiger partial charge in [0, 0.05) is 12.2 Å². The molecule has 158 valence electrons. The molecule has 5 rings (SSSR count). The first kappa shape index (κ1) is 20.4. The quantitative estimate of drug-likeness (QED) is 0.722. The summed E-state index contributed by atoms with van der Waals surface area (Å²) in [6, 6.07) is 1.13. The Morgan fingerprint density at radius 3 is 2.66 bits per heavy atom. The first-order valence-electron chi connectivity index (χ1n) is 9.61. The van der Waals surface area contributed by atoms with Crippen LogP contribution in [0.3, 0.4) is 0 Å². The maximum atomic E-state index is 12.7. The summed E-state index contributed by atoms with van der Waals surface area (Å²) in [5.41, 5.74) is -0.447. The highest BCUT2D eigenvalue weighted by molar-refractivity contribution is 9.10. The average molecular weight is 474 g/mol. The van der Waals surface area contributed by atoms with Crippen LogP contribution in [-0.2, 0) is 12.8 Å². The standard InChI is InChI=1S/C19H23BrF3N5O/c1-10-12-6-11(18(12,2)3)7-13(10)25-14-8-24-28(17(29)16(14)20)9-27-5-4-15(26-27)19(21,22)23/h4-5,8,10-13,25H,6-7,9H2,1-3H3/t10-,11+,12-,13-/m1/s1. The number of nitrogens with zero attached hydrogens (tertiary/aromatic N) is 4. The Balaban J connectivity index is 1.50. The second-order valence-corrected chi connectivity index (χ2v) is 9.56. The van der Waals surface area contributed by atoms with Crippen molar-refractivity contribution in [3.63, 3.8) is 0 Å². The molecule has 4 atom stereocenters. The summed E-state index contributed by atoms with van der Waals surface area (Å²) in [5, 5.41) is 11.0. The van der Waals surface area contributed by atoms with E-state index in [4.69, 9.17) is 0 Å². The highest BCUT2D eigenvalue weighted by atomic mass is 79.9. The lowest BCUT2D eigenvalue weighted by Crippen LogP contribution is -2.58. The second-order valence-electron chi connectivity index (χ2n) is 8.76. The summed E-state index contributed by atoms with van der Waals surface area (Å²) in [4.78, 5) is 12.6. The van der Waals surface area contributed by atoms with E-state index in [0.29, 0.717) is 33.3 Å². The number of rotatable bonds is 4. The molecule has 2 heterocycles. The number of anilines is 1. The molecule has 3 saturated carbocycles. The minimum Gasteiger partial charge on any atom is -0.380 e.